The molecule has 1 aliphatic heterocycles. The summed E-state index contributed by atoms with van der Waals surface area (Å²) < 4.78 is 0. The zero-order valence-electron chi connectivity index (χ0n) is 9.51. The maximum atomic E-state index is 11.8. The Hall–Kier alpha value is -2.36. The molecule has 0 bridgehead atoms. The van der Waals surface area contributed by atoms with Crippen molar-refractivity contribution in [3.05, 3.63) is 47.5 Å². The molecule has 4 heteroatoms. The van der Waals surface area contributed by atoms with Gasteiger partial charge in [0, 0.05) is 5.56 Å². The summed E-state index contributed by atoms with van der Waals surface area (Å²) in [5.41, 5.74) is 1.36. The molecule has 0 aromatic heterocycles. The van der Waals surface area contributed by atoms with Crippen molar-refractivity contribution in [2.75, 3.05) is 0 Å². The van der Waals surface area contributed by atoms with Crippen LogP contribution in [-0.2, 0) is 4.79 Å². The molecule has 3 rings (SSSR count). The normalized spacial score (nSPS) is 17.6. The first-order valence-corrected chi connectivity index (χ1v) is 5.70. The molecule has 0 saturated carbocycles. The predicted molar refractivity (Wildman–Crippen MR) is 66.4 cm³/mol. The molecule has 18 heavy (non-hydrogen) atoms. The third-order valence-electron chi connectivity index (χ3n) is 3.22. The summed E-state index contributed by atoms with van der Waals surface area (Å²) in [5.74, 6) is -1.11. The molecule has 0 spiro atoms. The standard InChI is InChI=1S/C14H11NO3/c16-13(17)7-12-10-5-8-3-1-2-4-9(8)6-11(10)14(18)15-12/h1-6,12H,7H2,(H,15,18)(H,16,17). The Labute approximate surface area is 103 Å². The number of carbonyl (C=O) groups is 2. The van der Waals surface area contributed by atoms with E-state index >= 15 is 0 Å². The van der Waals surface area contributed by atoms with Gasteiger partial charge in [0.2, 0.25) is 0 Å². The fourth-order valence-corrected chi connectivity index (χ4v) is 2.39. The Balaban J connectivity index is 2.16. The van der Waals surface area contributed by atoms with Crippen LogP contribution in [0.15, 0.2) is 36.4 Å². The first-order chi connectivity index (χ1) is 8.65. The number of hydrogen-bond acceptors (Lipinski definition) is 2. The number of amides is 1. The second-order valence-corrected chi connectivity index (χ2v) is 4.41. The van der Waals surface area contributed by atoms with Gasteiger partial charge in [0.1, 0.15) is 0 Å². The topological polar surface area (TPSA) is 66.4 Å². The maximum Gasteiger partial charge on any atom is 0.305 e. The van der Waals surface area contributed by atoms with Crippen LogP contribution < -0.4 is 5.32 Å². The van der Waals surface area contributed by atoms with Crippen LogP contribution in [0.2, 0.25) is 0 Å². The largest absolute Gasteiger partial charge is 0.481 e. The summed E-state index contributed by atoms with van der Waals surface area (Å²) in [6.45, 7) is 0. The van der Waals surface area contributed by atoms with E-state index < -0.39 is 12.0 Å². The summed E-state index contributed by atoms with van der Waals surface area (Å²) in [5, 5.41) is 13.6. The van der Waals surface area contributed by atoms with Crippen LogP contribution in [0.25, 0.3) is 10.8 Å². The summed E-state index contributed by atoms with van der Waals surface area (Å²) in [4.78, 5) is 22.6. The fraction of sp³-hybridized carbons (Fsp3) is 0.143. The van der Waals surface area contributed by atoms with Gasteiger partial charge in [0.25, 0.3) is 5.91 Å². The molecule has 0 saturated heterocycles. The highest BCUT2D eigenvalue weighted by Gasteiger charge is 2.30. The second-order valence-electron chi connectivity index (χ2n) is 4.41. The van der Waals surface area contributed by atoms with Crippen molar-refractivity contribution in [1.29, 1.82) is 0 Å². The fourth-order valence-electron chi connectivity index (χ4n) is 2.39. The third-order valence-corrected chi connectivity index (χ3v) is 3.22. The number of rotatable bonds is 2. The molecule has 1 aliphatic rings. The van der Waals surface area contributed by atoms with Crippen molar-refractivity contribution in [3.63, 3.8) is 0 Å². The maximum absolute atomic E-state index is 11.8. The van der Waals surface area contributed by atoms with Gasteiger partial charge in [-0.2, -0.15) is 0 Å². The van der Waals surface area contributed by atoms with E-state index in [4.69, 9.17) is 5.11 Å². The molecule has 2 aromatic rings. The third kappa shape index (κ3) is 1.62. The van der Waals surface area contributed by atoms with E-state index in [1.807, 2.05) is 36.4 Å². The molecule has 1 amide bonds. The molecule has 1 unspecified atom stereocenters. The van der Waals surface area contributed by atoms with Gasteiger partial charge in [-0.1, -0.05) is 24.3 Å². The number of nitrogens with one attached hydrogen (secondary N) is 1. The van der Waals surface area contributed by atoms with Crippen LogP contribution in [0.3, 0.4) is 0 Å². The molecule has 90 valence electrons. The van der Waals surface area contributed by atoms with Gasteiger partial charge in [-0.15, -0.1) is 0 Å². The minimum atomic E-state index is -0.915. The molecule has 0 fully saturated rings. The summed E-state index contributed by atoms with van der Waals surface area (Å²) in [6, 6.07) is 11.0. The van der Waals surface area contributed by atoms with Crippen molar-refractivity contribution in [2.24, 2.45) is 0 Å². The lowest BCUT2D eigenvalue weighted by Crippen LogP contribution is -2.21. The number of carboxylic acid groups (broad SMARTS) is 1. The van der Waals surface area contributed by atoms with E-state index in [2.05, 4.69) is 5.32 Å². The summed E-state index contributed by atoms with van der Waals surface area (Å²) >= 11 is 0. The predicted octanol–water partition coefficient (Wildman–Crippen LogP) is 2.10. The summed E-state index contributed by atoms with van der Waals surface area (Å²) in [6.07, 6.45) is -0.0862. The zero-order chi connectivity index (χ0) is 12.7. The lowest BCUT2D eigenvalue weighted by atomic mass is 9.98. The molecule has 0 aliphatic carbocycles. The van der Waals surface area contributed by atoms with Crippen LogP contribution in [0.4, 0.5) is 0 Å². The van der Waals surface area contributed by atoms with E-state index in [-0.39, 0.29) is 12.3 Å². The highest BCUT2D eigenvalue weighted by atomic mass is 16.4. The van der Waals surface area contributed by atoms with Gasteiger partial charge in [-0.25, -0.2) is 0 Å². The average molecular weight is 241 g/mol. The van der Waals surface area contributed by atoms with E-state index in [9.17, 15) is 9.59 Å². The Kier molecular flexibility index (Phi) is 2.30. The van der Waals surface area contributed by atoms with Crippen molar-refractivity contribution in [3.8, 4) is 0 Å². The molecule has 4 nitrogen and oxygen atoms in total. The number of hydrogen-bond donors (Lipinski definition) is 2. The highest BCUT2D eigenvalue weighted by molar-refractivity contribution is 6.03. The Morgan fingerprint density at radius 1 is 1.22 bits per heavy atom. The molecule has 2 aromatic carbocycles. The first-order valence-electron chi connectivity index (χ1n) is 5.70. The Morgan fingerprint density at radius 2 is 1.89 bits per heavy atom. The number of benzene rings is 2. The van der Waals surface area contributed by atoms with Gasteiger partial charge in [-0.3, -0.25) is 9.59 Å². The van der Waals surface area contributed by atoms with Crippen LogP contribution in [0, 0.1) is 0 Å². The zero-order valence-corrected chi connectivity index (χ0v) is 9.51. The molecule has 1 atom stereocenters. The average Bonchev–Trinajstić information content (AvgIpc) is 2.63. The summed E-state index contributed by atoms with van der Waals surface area (Å²) in [7, 11) is 0. The monoisotopic (exact) mass is 241 g/mol. The molecular formula is C14H11NO3. The van der Waals surface area contributed by atoms with Crippen molar-refractivity contribution < 1.29 is 14.7 Å². The second kappa shape index (κ2) is 3.84. The lowest BCUT2D eigenvalue weighted by Gasteiger charge is -2.08. The van der Waals surface area contributed by atoms with E-state index in [0.29, 0.717) is 5.56 Å². The van der Waals surface area contributed by atoms with Crippen molar-refractivity contribution in [2.45, 2.75) is 12.5 Å². The molecule has 2 N–H and O–H groups in total. The molecule has 0 radical (unpaired) electrons. The van der Waals surface area contributed by atoms with E-state index in [1.165, 1.54) is 0 Å². The van der Waals surface area contributed by atoms with Crippen LogP contribution in [0.1, 0.15) is 28.4 Å². The lowest BCUT2D eigenvalue weighted by molar-refractivity contribution is -0.137. The van der Waals surface area contributed by atoms with Gasteiger partial charge < -0.3 is 10.4 Å². The number of carboxylic acids is 1. The van der Waals surface area contributed by atoms with Crippen molar-refractivity contribution >= 4 is 22.6 Å². The quantitative estimate of drug-likeness (QED) is 0.846. The molecular weight excluding hydrogens is 230 g/mol. The van der Waals surface area contributed by atoms with Gasteiger partial charge >= 0.3 is 5.97 Å². The number of aliphatic carboxylic acids is 1. The van der Waals surface area contributed by atoms with Gasteiger partial charge in [0.15, 0.2) is 0 Å². The van der Waals surface area contributed by atoms with Crippen molar-refractivity contribution in [1.82, 2.24) is 5.32 Å². The van der Waals surface area contributed by atoms with Gasteiger partial charge in [-0.05, 0) is 28.5 Å². The van der Waals surface area contributed by atoms with Gasteiger partial charge in [0.05, 0.1) is 12.5 Å². The minimum Gasteiger partial charge on any atom is -0.481 e. The highest BCUT2D eigenvalue weighted by Crippen LogP contribution is 2.31. The molecule has 1 heterocycles. The Bertz CT molecular complexity index is 663. The van der Waals surface area contributed by atoms with Crippen LogP contribution in [0.5, 0.6) is 0 Å². The van der Waals surface area contributed by atoms with E-state index in [0.717, 1.165) is 16.3 Å². The number of fused-ring (bicyclic) bond motifs is 2. The Morgan fingerprint density at radius 3 is 2.56 bits per heavy atom. The van der Waals surface area contributed by atoms with E-state index in [1.54, 1.807) is 0 Å². The first kappa shape index (κ1) is 10.8. The van der Waals surface area contributed by atoms with Crippen LogP contribution >= 0.6 is 0 Å². The SMILES string of the molecule is O=C(O)CC1NC(=O)c2cc3ccccc3cc21. The van der Waals surface area contributed by atoms with Crippen LogP contribution in [-0.4, -0.2) is 17.0 Å². The smallest absolute Gasteiger partial charge is 0.305 e. The number of carbonyl (C=O) groups excluding carboxylic acids is 1. The minimum absolute atomic E-state index is 0.0862.